The van der Waals surface area contributed by atoms with Gasteiger partial charge in [-0.2, -0.15) is 0 Å². The molecule has 11 heteroatoms. The molecular formula is C24H28ClFN4O5. The number of aliphatic hydroxyl groups is 2. The number of nitrogens with zero attached hydrogens (tertiary/aromatic N) is 2. The van der Waals surface area contributed by atoms with Crippen LogP contribution in [0.2, 0.25) is 5.02 Å². The molecule has 0 bridgehead atoms. The quantitative estimate of drug-likeness (QED) is 0.368. The summed E-state index contributed by atoms with van der Waals surface area (Å²) in [6.45, 7) is 0.964. The second-order valence-electron chi connectivity index (χ2n) is 8.02. The van der Waals surface area contributed by atoms with Crippen LogP contribution in [0.4, 0.5) is 9.18 Å². The van der Waals surface area contributed by atoms with Crippen molar-refractivity contribution in [1.29, 1.82) is 0 Å². The van der Waals surface area contributed by atoms with Gasteiger partial charge in [0.2, 0.25) is 5.91 Å². The summed E-state index contributed by atoms with van der Waals surface area (Å²) in [6, 6.07) is 10.7. The highest BCUT2D eigenvalue weighted by molar-refractivity contribution is 6.31. The molecular weight excluding hydrogens is 479 g/mol. The number of benzene rings is 2. The first kappa shape index (κ1) is 26.6. The number of amides is 3. The van der Waals surface area contributed by atoms with Crippen LogP contribution >= 0.6 is 11.6 Å². The van der Waals surface area contributed by atoms with Gasteiger partial charge in [0.1, 0.15) is 5.82 Å². The maximum atomic E-state index is 13.7. The number of fused-ring (bicyclic) bond motifs is 1. The Hall–Kier alpha value is -3.02. The average Bonchev–Trinajstić information content (AvgIpc) is 2.85. The predicted molar refractivity (Wildman–Crippen MR) is 128 cm³/mol. The Kier molecular flexibility index (Phi) is 9.58. The van der Waals surface area contributed by atoms with Gasteiger partial charge < -0.3 is 10.2 Å². The van der Waals surface area contributed by atoms with E-state index in [0.717, 1.165) is 11.1 Å². The molecule has 2 atom stereocenters. The third-order valence-corrected chi connectivity index (χ3v) is 5.88. The monoisotopic (exact) mass is 506 g/mol. The number of carbonyl (C=O) groups excluding carboxylic acids is 2. The Morgan fingerprint density at radius 2 is 2.03 bits per heavy atom. The second-order valence-corrected chi connectivity index (χ2v) is 8.40. The number of nitrogens with one attached hydrogen (secondary N) is 2. The summed E-state index contributed by atoms with van der Waals surface area (Å²) in [5.41, 5.74) is 7.65. The molecule has 3 rings (SSSR count). The fourth-order valence-electron chi connectivity index (χ4n) is 3.63. The summed E-state index contributed by atoms with van der Waals surface area (Å²) in [4.78, 5) is 31.7. The number of rotatable bonds is 10. The maximum Gasteiger partial charge on any atom is 0.345 e. The lowest BCUT2D eigenvalue weighted by molar-refractivity contribution is -0.139. The van der Waals surface area contributed by atoms with Crippen LogP contribution in [0.15, 0.2) is 48.7 Å². The maximum absolute atomic E-state index is 13.7. The van der Waals surface area contributed by atoms with Crippen LogP contribution in [-0.4, -0.2) is 57.4 Å². The minimum Gasteiger partial charge on any atom is -0.394 e. The van der Waals surface area contributed by atoms with E-state index >= 15 is 0 Å². The van der Waals surface area contributed by atoms with E-state index in [9.17, 15) is 24.2 Å². The van der Waals surface area contributed by atoms with Crippen LogP contribution in [0.1, 0.15) is 30.0 Å². The first-order chi connectivity index (χ1) is 16.8. The van der Waals surface area contributed by atoms with Crippen LogP contribution in [0, 0.1) is 5.82 Å². The zero-order valence-corrected chi connectivity index (χ0v) is 19.9. The molecule has 0 saturated carbocycles. The summed E-state index contributed by atoms with van der Waals surface area (Å²) < 4.78 is 13.7. The Bertz CT molecular complexity index is 1070. The van der Waals surface area contributed by atoms with Crippen molar-refractivity contribution in [1.82, 2.24) is 20.8 Å². The van der Waals surface area contributed by atoms with Gasteiger partial charge in [-0.1, -0.05) is 48.0 Å². The lowest BCUT2D eigenvalue weighted by Crippen LogP contribution is -2.52. The van der Waals surface area contributed by atoms with E-state index in [4.69, 9.17) is 16.4 Å². The smallest absolute Gasteiger partial charge is 0.345 e. The molecule has 2 aromatic rings. The number of hydrogen-bond acceptors (Lipinski definition) is 6. The zero-order chi connectivity index (χ0) is 25.4. The van der Waals surface area contributed by atoms with Crippen molar-refractivity contribution in [2.75, 3.05) is 13.2 Å². The highest BCUT2D eigenvalue weighted by atomic mass is 35.5. The van der Waals surface area contributed by atoms with Crippen LogP contribution < -0.4 is 10.9 Å². The molecule has 0 unspecified atom stereocenters. The SMILES string of the molecule is CC(=O)N(NCc1cccc(F)c1Cl)[C@@H](CONC(=O)N1C=Cc2ccccc2C1)C[C@H](O)CO. The van der Waals surface area contributed by atoms with Crippen molar-refractivity contribution in [2.45, 2.75) is 38.6 Å². The Morgan fingerprint density at radius 1 is 1.26 bits per heavy atom. The molecule has 35 heavy (non-hydrogen) atoms. The summed E-state index contributed by atoms with van der Waals surface area (Å²) in [6.07, 6.45) is 2.27. The van der Waals surface area contributed by atoms with E-state index in [0.29, 0.717) is 12.1 Å². The highest BCUT2D eigenvalue weighted by Gasteiger charge is 2.26. The van der Waals surface area contributed by atoms with Gasteiger partial charge in [0, 0.05) is 19.7 Å². The van der Waals surface area contributed by atoms with E-state index in [1.54, 1.807) is 12.3 Å². The summed E-state index contributed by atoms with van der Waals surface area (Å²) >= 11 is 5.99. The molecule has 0 aliphatic carbocycles. The topological polar surface area (TPSA) is 114 Å². The fraction of sp³-hybridized carbons (Fsp3) is 0.333. The van der Waals surface area contributed by atoms with Crippen molar-refractivity contribution in [3.05, 3.63) is 76.2 Å². The number of aliphatic hydroxyl groups excluding tert-OH is 2. The molecule has 1 aliphatic rings. The molecule has 3 amide bonds. The van der Waals surface area contributed by atoms with Crippen LogP contribution in [0.3, 0.4) is 0 Å². The third-order valence-electron chi connectivity index (χ3n) is 5.46. The van der Waals surface area contributed by atoms with E-state index in [1.807, 2.05) is 30.3 Å². The molecule has 1 aliphatic heterocycles. The van der Waals surface area contributed by atoms with Gasteiger partial charge in [0.25, 0.3) is 0 Å². The van der Waals surface area contributed by atoms with Gasteiger partial charge in [-0.15, -0.1) is 0 Å². The minimum atomic E-state index is -1.14. The fourth-order valence-corrected chi connectivity index (χ4v) is 3.83. The molecule has 9 nitrogen and oxygen atoms in total. The molecule has 1 heterocycles. The predicted octanol–water partition coefficient (Wildman–Crippen LogP) is 2.57. The standard InChI is InChI=1S/C24H28ClFN4O5/c1-16(32)30(27-12-18-7-4-8-22(26)23(18)25)20(11-21(33)14-31)15-35-28-24(34)29-10-9-17-5-2-3-6-19(17)13-29/h2-10,20-21,27,31,33H,11-15H2,1H3,(H,28,34)/t20-,21+/m1/s1. The van der Waals surface area contributed by atoms with Crippen LogP contribution in [0.25, 0.3) is 6.08 Å². The average molecular weight is 507 g/mol. The molecule has 0 radical (unpaired) electrons. The largest absolute Gasteiger partial charge is 0.394 e. The lowest BCUT2D eigenvalue weighted by atomic mass is 10.0. The van der Waals surface area contributed by atoms with Crippen LogP contribution in [0.5, 0.6) is 0 Å². The Morgan fingerprint density at radius 3 is 2.77 bits per heavy atom. The van der Waals surface area contributed by atoms with Gasteiger partial charge in [0.05, 0.1) is 36.9 Å². The second kappa shape index (κ2) is 12.6. The van der Waals surface area contributed by atoms with Gasteiger partial charge >= 0.3 is 6.03 Å². The normalized spacial score (nSPS) is 14.3. The molecule has 188 valence electrons. The number of hydroxylamine groups is 1. The van der Waals surface area contributed by atoms with Crippen molar-refractivity contribution < 1.29 is 29.0 Å². The van der Waals surface area contributed by atoms with E-state index in [2.05, 4.69) is 10.9 Å². The number of halogens is 2. The Labute approximate surface area is 207 Å². The first-order valence-corrected chi connectivity index (χ1v) is 11.4. The lowest BCUT2D eigenvalue weighted by Gasteiger charge is -2.32. The van der Waals surface area contributed by atoms with Gasteiger partial charge in [-0.3, -0.25) is 19.5 Å². The highest BCUT2D eigenvalue weighted by Crippen LogP contribution is 2.21. The van der Waals surface area contributed by atoms with E-state index < -0.39 is 36.5 Å². The number of urea groups is 1. The van der Waals surface area contributed by atoms with E-state index in [1.165, 1.54) is 29.0 Å². The van der Waals surface area contributed by atoms with Crippen LogP contribution in [-0.2, 0) is 22.7 Å². The van der Waals surface area contributed by atoms with Gasteiger partial charge in [-0.05, 0) is 35.3 Å². The van der Waals surface area contributed by atoms with Crippen molar-refractivity contribution in [3.8, 4) is 0 Å². The molecule has 4 N–H and O–H groups in total. The third kappa shape index (κ3) is 7.23. The molecule has 0 aromatic heterocycles. The molecule has 0 fully saturated rings. The number of carbonyl (C=O) groups is 2. The summed E-state index contributed by atoms with van der Waals surface area (Å²) in [7, 11) is 0. The first-order valence-electron chi connectivity index (χ1n) is 11.0. The number of hydrogen-bond donors (Lipinski definition) is 4. The molecule has 2 aromatic carbocycles. The minimum absolute atomic E-state index is 0.0201. The summed E-state index contributed by atoms with van der Waals surface area (Å²) in [5.74, 6) is -1.01. The van der Waals surface area contributed by atoms with Gasteiger partial charge in [-0.25, -0.2) is 20.1 Å². The molecule has 0 saturated heterocycles. The van der Waals surface area contributed by atoms with Crippen molar-refractivity contribution in [2.24, 2.45) is 0 Å². The Balaban J connectivity index is 1.61. The van der Waals surface area contributed by atoms with Crippen molar-refractivity contribution in [3.63, 3.8) is 0 Å². The van der Waals surface area contributed by atoms with Gasteiger partial charge in [0.15, 0.2) is 0 Å². The van der Waals surface area contributed by atoms with E-state index in [-0.39, 0.29) is 24.6 Å². The molecule has 0 spiro atoms. The van der Waals surface area contributed by atoms with Crippen molar-refractivity contribution >= 4 is 29.6 Å². The number of hydrazine groups is 1. The zero-order valence-electron chi connectivity index (χ0n) is 19.2. The summed E-state index contributed by atoms with van der Waals surface area (Å²) in [5, 5.41) is 20.4.